The summed E-state index contributed by atoms with van der Waals surface area (Å²) in [5, 5.41) is 6.51. The molecule has 4 nitrogen and oxygen atoms in total. The molecule has 0 saturated carbocycles. The lowest BCUT2D eigenvalue weighted by Crippen LogP contribution is -2.44. The number of rotatable bonds is 8. The van der Waals surface area contributed by atoms with Gasteiger partial charge in [0.05, 0.1) is 5.69 Å². The predicted octanol–water partition coefficient (Wildman–Crippen LogP) is 5.65. The molecule has 1 N–H and O–H groups in total. The lowest BCUT2D eigenvalue weighted by molar-refractivity contribution is -0.122. The second-order valence-corrected chi connectivity index (χ2v) is 9.88. The van der Waals surface area contributed by atoms with Crippen molar-refractivity contribution < 1.29 is 4.79 Å². The minimum atomic E-state index is 0.167. The fourth-order valence-electron chi connectivity index (χ4n) is 4.19. The molecule has 4 rings (SSSR count). The molecule has 2 aromatic carbocycles. The Bertz CT molecular complexity index is 989. The Hall–Kier alpha value is -2.50. The first-order chi connectivity index (χ1) is 15.6. The van der Waals surface area contributed by atoms with Crippen LogP contribution in [0.3, 0.4) is 0 Å². The molecule has 1 amide bonds. The Morgan fingerprint density at radius 2 is 1.81 bits per heavy atom. The Balaban J connectivity index is 1.21. The first-order valence-electron chi connectivity index (χ1n) is 11.7. The Morgan fingerprint density at radius 3 is 2.50 bits per heavy atom. The largest absolute Gasteiger partial charge is 0.353 e. The fourth-order valence-corrected chi connectivity index (χ4v) is 5.01. The van der Waals surface area contributed by atoms with Gasteiger partial charge in [0.2, 0.25) is 5.91 Å². The summed E-state index contributed by atoms with van der Waals surface area (Å²) in [6.07, 6.45) is 3.37. The Labute approximate surface area is 195 Å². The highest BCUT2D eigenvalue weighted by molar-refractivity contribution is 7.13. The van der Waals surface area contributed by atoms with E-state index in [1.807, 2.05) is 18.2 Å². The van der Waals surface area contributed by atoms with Crippen molar-refractivity contribution >= 4 is 17.2 Å². The summed E-state index contributed by atoms with van der Waals surface area (Å²) in [5.41, 5.74) is 4.92. The van der Waals surface area contributed by atoms with E-state index in [4.69, 9.17) is 4.98 Å². The van der Waals surface area contributed by atoms with E-state index in [9.17, 15) is 4.79 Å². The second-order valence-electron chi connectivity index (χ2n) is 9.02. The number of thiazole rings is 1. The van der Waals surface area contributed by atoms with Crippen LogP contribution < -0.4 is 5.32 Å². The van der Waals surface area contributed by atoms with Crippen molar-refractivity contribution in [3.63, 3.8) is 0 Å². The number of aryl methyl sites for hydroxylation is 1. The van der Waals surface area contributed by atoms with Crippen LogP contribution in [-0.4, -0.2) is 34.9 Å². The molecule has 1 aliphatic heterocycles. The number of likely N-dealkylation sites (tertiary alicyclic amines) is 1. The maximum Gasteiger partial charge on any atom is 0.220 e. The molecule has 32 heavy (non-hydrogen) atoms. The van der Waals surface area contributed by atoms with Crippen LogP contribution in [0.25, 0.3) is 10.6 Å². The van der Waals surface area contributed by atoms with E-state index >= 15 is 0 Å². The second kappa shape index (κ2) is 10.9. The number of carbonyl (C=O) groups excluding carboxylic acids is 1. The molecule has 0 aliphatic carbocycles. The van der Waals surface area contributed by atoms with Crippen LogP contribution >= 0.6 is 11.3 Å². The quantitative estimate of drug-likeness (QED) is 0.485. The van der Waals surface area contributed by atoms with E-state index in [2.05, 4.69) is 65.8 Å². The van der Waals surface area contributed by atoms with Gasteiger partial charge in [-0.1, -0.05) is 68.4 Å². The number of benzene rings is 2. The summed E-state index contributed by atoms with van der Waals surface area (Å²) >= 11 is 1.72. The smallest absolute Gasteiger partial charge is 0.220 e. The van der Waals surface area contributed by atoms with Crippen molar-refractivity contribution in [2.75, 3.05) is 13.1 Å². The number of nitrogens with one attached hydrogen (secondary N) is 1. The van der Waals surface area contributed by atoms with Crippen molar-refractivity contribution in [1.29, 1.82) is 0 Å². The number of piperidine rings is 1. The number of hydrogen-bond donors (Lipinski definition) is 1. The van der Waals surface area contributed by atoms with Crippen molar-refractivity contribution in [2.24, 2.45) is 0 Å². The minimum absolute atomic E-state index is 0.167. The highest BCUT2D eigenvalue weighted by Gasteiger charge is 2.21. The molecule has 1 aliphatic rings. The van der Waals surface area contributed by atoms with E-state index in [-0.39, 0.29) is 5.91 Å². The van der Waals surface area contributed by atoms with Crippen LogP contribution in [-0.2, 0) is 17.8 Å². The average molecular weight is 448 g/mol. The van der Waals surface area contributed by atoms with E-state index in [0.717, 1.165) is 49.6 Å². The summed E-state index contributed by atoms with van der Waals surface area (Å²) in [7, 11) is 0. The molecule has 0 bridgehead atoms. The maximum absolute atomic E-state index is 12.3. The molecule has 0 unspecified atom stereocenters. The molecular weight excluding hydrogens is 414 g/mol. The van der Waals surface area contributed by atoms with Crippen LogP contribution in [0.2, 0.25) is 0 Å². The highest BCUT2D eigenvalue weighted by Crippen LogP contribution is 2.26. The van der Waals surface area contributed by atoms with Crippen LogP contribution in [0, 0.1) is 0 Å². The molecule has 0 radical (unpaired) electrons. The molecule has 1 saturated heterocycles. The Kier molecular flexibility index (Phi) is 7.72. The summed E-state index contributed by atoms with van der Waals surface area (Å²) in [6.45, 7) is 7.32. The third-order valence-corrected chi connectivity index (χ3v) is 7.14. The van der Waals surface area contributed by atoms with Crippen LogP contribution in [0.4, 0.5) is 0 Å². The lowest BCUT2D eigenvalue weighted by atomic mass is 10.0. The van der Waals surface area contributed by atoms with Gasteiger partial charge in [-0.2, -0.15) is 0 Å². The number of aromatic nitrogens is 1. The van der Waals surface area contributed by atoms with E-state index in [1.165, 1.54) is 16.7 Å². The van der Waals surface area contributed by atoms with Gasteiger partial charge < -0.3 is 5.32 Å². The zero-order valence-corrected chi connectivity index (χ0v) is 19.9. The van der Waals surface area contributed by atoms with Crippen molar-refractivity contribution in [1.82, 2.24) is 15.2 Å². The van der Waals surface area contributed by atoms with Crippen molar-refractivity contribution in [3.05, 3.63) is 76.8 Å². The molecule has 0 spiro atoms. The van der Waals surface area contributed by atoms with Gasteiger partial charge in [-0.15, -0.1) is 11.3 Å². The monoisotopic (exact) mass is 447 g/mol. The predicted molar refractivity (Wildman–Crippen MR) is 133 cm³/mol. The molecular formula is C27H33N3OS. The van der Waals surface area contributed by atoms with Crippen LogP contribution in [0.1, 0.15) is 55.8 Å². The lowest BCUT2D eigenvalue weighted by Gasteiger charge is -2.31. The van der Waals surface area contributed by atoms with Gasteiger partial charge in [0.15, 0.2) is 0 Å². The highest BCUT2D eigenvalue weighted by atomic mass is 32.1. The molecule has 2 heterocycles. The zero-order chi connectivity index (χ0) is 22.3. The van der Waals surface area contributed by atoms with Gasteiger partial charge in [-0.05, 0) is 36.3 Å². The Morgan fingerprint density at radius 1 is 1.09 bits per heavy atom. The van der Waals surface area contributed by atoms with E-state index in [0.29, 0.717) is 18.4 Å². The van der Waals surface area contributed by atoms with Gasteiger partial charge in [-0.3, -0.25) is 9.69 Å². The SMILES string of the molecule is CC(C)c1ccc(-c2nc(CN3CCC(NC(=O)CCc4ccccc4)CC3)cs2)cc1. The summed E-state index contributed by atoms with van der Waals surface area (Å²) in [5.74, 6) is 0.715. The number of hydrogen-bond acceptors (Lipinski definition) is 4. The molecule has 0 atom stereocenters. The van der Waals surface area contributed by atoms with Crippen LogP contribution in [0.15, 0.2) is 60.0 Å². The van der Waals surface area contributed by atoms with Gasteiger partial charge in [0.1, 0.15) is 5.01 Å². The molecule has 1 aromatic heterocycles. The normalized spacial score (nSPS) is 15.2. The molecule has 3 aromatic rings. The van der Waals surface area contributed by atoms with Crippen molar-refractivity contribution in [3.8, 4) is 10.6 Å². The minimum Gasteiger partial charge on any atom is -0.353 e. The third-order valence-electron chi connectivity index (χ3n) is 6.20. The van der Waals surface area contributed by atoms with Gasteiger partial charge in [-0.25, -0.2) is 4.98 Å². The average Bonchev–Trinajstić information content (AvgIpc) is 3.28. The summed E-state index contributed by atoms with van der Waals surface area (Å²) in [4.78, 5) is 19.6. The van der Waals surface area contributed by atoms with Gasteiger partial charge in [0, 0.05) is 43.0 Å². The van der Waals surface area contributed by atoms with Gasteiger partial charge >= 0.3 is 0 Å². The first kappa shape index (κ1) is 22.7. The third kappa shape index (κ3) is 6.27. The fraction of sp³-hybridized carbons (Fsp3) is 0.407. The number of amides is 1. The number of nitrogens with zero attached hydrogens (tertiary/aromatic N) is 2. The molecule has 1 fully saturated rings. The zero-order valence-electron chi connectivity index (χ0n) is 19.1. The van der Waals surface area contributed by atoms with E-state index < -0.39 is 0 Å². The summed E-state index contributed by atoms with van der Waals surface area (Å²) < 4.78 is 0. The number of carbonyl (C=O) groups is 1. The topological polar surface area (TPSA) is 45.2 Å². The van der Waals surface area contributed by atoms with Crippen molar-refractivity contribution in [2.45, 2.75) is 58.0 Å². The van der Waals surface area contributed by atoms with E-state index in [1.54, 1.807) is 11.3 Å². The van der Waals surface area contributed by atoms with Crippen LogP contribution in [0.5, 0.6) is 0 Å². The first-order valence-corrected chi connectivity index (χ1v) is 12.5. The molecule has 168 valence electrons. The molecule has 5 heteroatoms. The van der Waals surface area contributed by atoms with Gasteiger partial charge in [0.25, 0.3) is 0 Å². The summed E-state index contributed by atoms with van der Waals surface area (Å²) in [6, 6.07) is 19.3. The standard InChI is InChI=1S/C27H33N3OS/c1-20(2)22-9-11-23(12-10-22)27-29-25(19-32-27)18-30-16-14-24(15-17-30)28-26(31)13-8-21-6-4-3-5-7-21/h3-7,9-12,19-20,24H,8,13-18H2,1-2H3,(H,28,31). The maximum atomic E-state index is 12.3.